The van der Waals surface area contributed by atoms with Crippen molar-refractivity contribution in [1.29, 1.82) is 0 Å². The van der Waals surface area contributed by atoms with Crippen molar-refractivity contribution >= 4 is 17.5 Å². The fourth-order valence-corrected chi connectivity index (χ4v) is 4.19. The van der Waals surface area contributed by atoms with Gasteiger partial charge in [0.05, 0.1) is 18.6 Å². The van der Waals surface area contributed by atoms with Crippen LogP contribution in [0.3, 0.4) is 0 Å². The standard InChI is InChI=1S/C21H21N5O3S/c1-13-9-16(15(3)26(13)20-10-14(2)29-24-20)18(27)11-30-21-23-22-12-25(21)17-7-5-6-8-19(17)28-4/h5-10,12H,11H2,1-4H3. The summed E-state index contributed by atoms with van der Waals surface area (Å²) in [4.78, 5) is 13.0. The Hall–Kier alpha value is -3.33. The number of benzene rings is 1. The van der Waals surface area contributed by atoms with Crippen molar-refractivity contribution in [2.75, 3.05) is 12.9 Å². The Balaban J connectivity index is 1.55. The van der Waals surface area contributed by atoms with Gasteiger partial charge in [0, 0.05) is 23.0 Å². The zero-order chi connectivity index (χ0) is 21.3. The number of aromatic nitrogens is 5. The lowest BCUT2D eigenvalue weighted by Crippen LogP contribution is -2.07. The fourth-order valence-electron chi connectivity index (χ4n) is 3.38. The number of methoxy groups -OCH3 is 1. The minimum absolute atomic E-state index is 0.00847. The summed E-state index contributed by atoms with van der Waals surface area (Å²) in [6.07, 6.45) is 1.61. The number of para-hydroxylation sites is 2. The van der Waals surface area contributed by atoms with Gasteiger partial charge in [-0.2, -0.15) is 0 Å². The molecule has 0 radical (unpaired) electrons. The van der Waals surface area contributed by atoms with E-state index in [4.69, 9.17) is 9.26 Å². The second-order valence-electron chi connectivity index (χ2n) is 6.78. The summed E-state index contributed by atoms with van der Waals surface area (Å²) in [5.41, 5.74) is 3.23. The molecule has 0 saturated carbocycles. The van der Waals surface area contributed by atoms with Crippen LogP contribution in [0.15, 0.2) is 52.4 Å². The van der Waals surface area contributed by atoms with Crippen molar-refractivity contribution in [3.63, 3.8) is 0 Å². The van der Waals surface area contributed by atoms with Gasteiger partial charge in [-0.1, -0.05) is 29.1 Å². The Labute approximate surface area is 177 Å². The van der Waals surface area contributed by atoms with E-state index < -0.39 is 0 Å². The second-order valence-corrected chi connectivity index (χ2v) is 7.73. The van der Waals surface area contributed by atoms with E-state index >= 15 is 0 Å². The maximum atomic E-state index is 13.0. The predicted molar refractivity (Wildman–Crippen MR) is 113 cm³/mol. The molecule has 0 spiro atoms. The zero-order valence-corrected chi connectivity index (χ0v) is 17.9. The highest BCUT2D eigenvalue weighted by Gasteiger charge is 2.20. The number of aryl methyl sites for hydroxylation is 2. The summed E-state index contributed by atoms with van der Waals surface area (Å²) in [6.45, 7) is 5.69. The van der Waals surface area contributed by atoms with Crippen LogP contribution in [0.25, 0.3) is 11.5 Å². The molecule has 0 N–H and O–H groups in total. The largest absolute Gasteiger partial charge is 0.495 e. The Bertz CT molecular complexity index is 1210. The lowest BCUT2D eigenvalue weighted by atomic mass is 10.2. The number of hydrogen-bond acceptors (Lipinski definition) is 7. The van der Waals surface area contributed by atoms with Crippen LogP contribution in [-0.4, -0.2) is 43.1 Å². The van der Waals surface area contributed by atoms with Crippen molar-refractivity contribution in [1.82, 2.24) is 24.5 Å². The first kappa shape index (κ1) is 20.0. The molecule has 0 bridgehead atoms. The van der Waals surface area contributed by atoms with Gasteiger partial charge >= 0.3 is 0 Å². The van der Waals surface area contributed by atoms with E-state index in [1.54, 1.807) is 13.4 Å². The fraction of sp³-hybridized carbons (Fsp3) is 0.238. The molecule has 4 rings (SSSR count). The highest BCUT2D eigenvalue weighted by Crippen LogP contribution is 2.28. The predicted octanol–water partition coefficient (Wildman–Crippen LogP) is 3.95. The molecule has 1 aromatic carbocycles. The molecule has 0 atom stereocenters. The van der Waals surface area contributed by atoms with Crippen molar-refractivity contribution in [2.45, 2.75) is 25.9 Å². The van der Waals surface area contributed by atoms with Gasteiger partial charge in [0.15, 0.2) is 16.8 Å². The van der Waals surface area contributed by atoms with Crippen LogP contribution in [0.1, 0.15) is 27.5 Å². The van der Waals surface area contributed by atoms with Crippen molar-refractivity contribution < 1.29 is 14.1 Å². The number of rotatable bonds is 7. The van der Waals surface area contributed by atoms with E-state index in [-0.39, 0.29) is 11.5 Å². The average Bonchev–Trinajstić information content (AvgIpc) is 3.45. The SMILES string of the molecule is COc1ccccc1-n1cnnc1SCC(=O)c1cc(C)n(-c2cc(C)on2)c1C. The molecule has 0 aliphatic rings. The van der Waals surface area contributed by atoms with E-state index in [9.17, 15) is 4.79 Å². The second kappa shape index (κ2) is 8.19. The summed E-state index contributed by atoms with van der Waals surface area (Å²) in [6, 6.07) is 11.3. The van der Waals surface area contributed by atoms with Crippen LogP contribution in [0.2, 0.25) is 0 Å². The van der Waals surface area contributed by atoms with Crippen LogP contribution < -0.4 is 4.74 Å². The molecule has 0 aliphatic carbocycles. The third kappa shape index (κ3) is 3.63. The molecule has 0 aliphatic heterocycles. The molecule has 4 aromatic rings. The Kier molecular flexibility index (Phi) is 5.45. The quantitative estimate of drug-likeness (QED) is 0.328. The van der Waals surface area contributed by atoms with Gasteiger partial charge in [-0.05, 0) is 39.0 Å². The number of carbonyl (C=O) groups is 1. The molecule has 3 aromatic heterocycles. The normalized spacial score (nSPS) is 11.1. The number of thioether (sulfide) groups is 1. The summed E-state index contributed by atoms with van der Waals surface area (Å²) < 4.78 is 14.3. The van der Waals surface area contributed by atoms with E-state index in [1.807, 2.05) is 66.3 Å². The highest BCUT2D eigenvalue weighted by molar-refractivity contribution is 7.99. The van der Waals surface area contributed by atoms with Gasteiger partial charge in [-0.15, -0.1) is 10.2 Å². The van der Waals surface area contributed by atoms with Crippen LogP contribution in [0.5, 0.6) is 5.75 Å². The Morgan fingerprint density at radius 2 is 2.00 bits per heavy atom. The topological polar surface area (TPSA) is 88.0 Å². The first-order valence-corrected chi connectivity index (χ1v) is 10.3. The molecular weight excluding hydrogens is 402 g/mol. The summed E-state index contributed by atoms with van der Waals surface area (Å²) in [7, 11) is 1.62. The van der Waals surface area contributed by atoms with E-state index in [0.29, 0.717) is 22.3 Å². The minimum Gasteiger partial charge on any atom is -0.495 e. The molecule has 0 fully saturated rings. The van der Waals surface area contributed by atoms with E-state index in [1.165, 1.54) is 11.8 Å². The molecular formula is C21H21N5O3S. The van der Waals surface area contributed by atoms with Gasteiger partial charge in [0.1, 0.15) is 17.8 Å². The first-order chi connectivity index (χ1) is 14.5. The smallest absolute Gasteiger partial charge is 0.196 e. The van der Waals surface area contributed by atoms with Crippen molar-refractivity contribution in [2.24, 2.45) is 0 Å². The van der Waals surface area contributed by atoms with E-state index in [0.717, 1.165) is 22.8 Å². The molecule has 3 heterocycles. The third-order valence-electron chi connectivity index (χ3n) is 4.77. The van der Waals surface area contributed by atoms with Crippen molar-refractivity contribution in [3.8, 4) is 17.3 Å². The summed E-state index contributed by atoms with van der Waals surface area (Å²) in [5, 5.41) is 12.9. The first-order valence-electron chi connectivity index (χ1n) is 9.31. The van der Waals surface area contributed by atoms with Gasteiger partial charge < -0.3 is 9.26 Å². The monoisotopic (exact) mass is 423 g/mol. The maximum absolute atomic E-state index is 13.0. The molecule has 154 valence electrons. The van der Waals surface area contributed by atoms with Gasteiger partial charge in [0.2, 0.25) is 0 Å². The van der Waals surface area contributed by atoms with Crippen LogP contribution in [0, 0.1) is 20.8 Å². The Morgan fingerprint density at radius 1 is 1.20 bits per heavy atom. The summed E-state index contributed by atoms with van der Waals surface area (Å²) in [5.74, 6) is 2.34. The third-order valence-corrected chi connectivity index (χ3v) is 5.71. The Morgan fingerprint density at radius 3 is 2.73 bits per heavy atom. The molecule has 30 heavy (non-hydrogen) atoms. The van der Waals surface area contributed by atoms with Gasteiger partial charge in [-0.3, -0.25) is 13.9 Å². The average molecular weight is 423 g/mol. The number of Topliss-reactive ketones (excluding diaryl/α,β-unsaturated/α-hetero) is 1. The van der Waals surface area contributed by atoms with Crippen LogP contribution in [0.4, 0.5) is 0 Å². The maximum Gasteiger partial charge on any atom is 0.196 e. The zero-order valence-electron chi connectivity index (χ0n) is 17.1. The van der Waals surface area contributed by atoms with E-state index in [2.05, 4.69) is 15.4 Å². The molecule has 0 amide bonds. The van der Waals surface area contributed by atoms with Crippen LogP contribution in [-0.2, 0) is 0 Å². The van der Waals surface area contributed by atoms with Crippen molar-refractivity contribution in [3.05, 3.63) is 65.4 Å². The number of carbonyl (C=O) groups excluding carboxylic acids is 1. The van der Waals surface area contributed by atoms with Gasteiger partial charge in [-0.25, -0.2) is 0 Å². The molecule has 9 heteroatoms. The minimum atomic E-state index is 0.00847. The highest BCUT2D eigenvalue weighted by atomic mass is 32.2. The molecule has 8 nitrogen and oxygen atoms in total. The lowest BCUT2D eigenvalue weighted by molar-refractivity contribution is 0.102. The number of ether oxygens (including phenoxy) is 1. The van der Waals surface area contributed by atoms with Gasteiger partial charge in [0.25, 0.3) is 0 Å². The molecule has 0 saturated heterocycles. The lowest BCUT2D eigenvalue weighted by Gasteiger charge is -2.10. The van der Waals surface area contributed by atoms with Crippen LogP contribution >= 0.6 is 11.8 Å². The number of nitrogens with zero attached hydrogens (tertiary/aromatic N) is 5. The summed E-state index contributed by atoms with van der Waals surface area (Å²) >= 11 is 1.34. The molecule has 0 unspecified atom stereocenters. The number of ketones is 1. The number of hydrogen-bond donors (Lipinski definition) is 0.